The lowest BCUT2D eigenvalue weighted by atomic mass is 9.88. The van der Waals surface area contributed by atoms with Crippen LogP contribution >= 0.6 is 0 Å². The Hall–Kier alpha value is -3.80. The first-order valence-corrected chi connectivity index (χ1v) is 16.4. The standard InChI is InChI=1S/C33H46FN7O4/c1-4-27(42)38-29(33(45)40-16-6-7-23(35)18-40)19(3)22-12-13-25(24(34)17-22)37-32(44)30(28(20-8-9-20)21-10-11-21)39-31(43)26-14-15-36-41(26)5-2/h12-15,17,19-21,23,28-30H,4-11,16,18,35H2,1-3H3,(H,37,44)(H,38,42)(H,39,43)/t19-,23+,29+,30-/m0/s1. The molecule has 2 heterocycles. The van der Waals surface area contributed by atoms with Gasteiger partial charge in [-0.3, -0.25) is 23.9 Å². The lowest BCUT2D eigenvalue weighted by Gasteiger charge is -2.35. The maximum Gasteiger partial charge on any atom is 0.270 e. The van der Waals surface area contributed by atoms with Crippen molar-refractivity contribution >= 4 is 29.3 Å². The van der Waals surface area contributed by atoms with Crippen molar-refractivity contribution in [2.75, 3.05) is 18.4 Å². The molecule has 4 amide bonds. The van der Waals surface area contributed by atoms with Gasteiger partial charge < -0.3 is 26.6 Å². The summed E-state index contributed by atoms with van der Waals surface area (Å²) in [5.74, 6) is -1.90. The third-order valence-electron chi connectivity index (χ3n) is 9.49. The van der Waals surface area contributed by atoms with Crippen LogP contribution in [0.4, 0.5) is 10.1 Å². The summed E-state index contributed by atoms with van der Waals surface area (Å²) in [5, 5.41) is 12.7. The molecule has 12 heteroatoms. The molecule has 1 aromatic carbocycles. The van der Waals surface area contributed by atoms with E-state index >= 15 is 4.39 Å². The maximum absolute atomic E-state index is 15.6. The van der Waals surface area contributed by atoms with E-state index in [2.05, 4.69) is 21.0 Å². The van der Waals surface area contributed by atoms with Crippen LogP contribution < -0.4 is 21.7 Å². The van der Waals surface area contributed by atoms with Gasteiger partial charge in [0.15, 0.2) is 0 Å². The third kappa shape index (κ3) is 7.71. The number of hydrogen-bond acceptors (Lipinski definition) is 6. The molecule has 244 valence electrons. The summed E-state index contributed by atoms with van der Waals surface area (Å²) in [4.78, 5) is 54.7. The molecule has 5 N–H and O–H groups in total. The number of aryl methyl sites for hydroxylation is 1. The van der Waals surface area contributed by atoms with Crippen LogP contribution in [0.1, 0.15) is 87.7 Å². The average Bonchev–Trinajstić information content (AvgIpc) is 3.98. The number of hydrogen-bond donors (Lipinski definition) is 4. The van der Waals surface area contributed by atoms with E-state index < -0.39 is 29.7 Å². The van der Waals surface area contributed by atoms with Crippen molar-refractivity contribution in [3.63, 3.8) is 0 Å². The van der Waals surface area contributed by atoms with Crippen LogP contribution in [0.15, 0.2) is 30.5 Å². The van der Waals surface area contributed by atoms with Crippen LogP contribution in [0.2, 0.25) is 0 Å². The molecule has 1 saturated heterocycles. The van der Waals surface area contributed by atoms with Crippen molar-refractivity contribution in [2.24, 2.45) is 23.5 Å². The molecule has 0 radical (unpaired) electrons. The minimum Gasteiger partial charge on any atom is -0.344 e. The number of nitrogens with one attached hydrogen (secondary N) is 3. The number of rotatable bonds is 13. The van der Waals surface area contributed by atoms with E-state index in [0.29, 0.717) is 42.7 Å². The topological polar surface area (TPSA) is 151 Å². The molecule has 3 aliphatic rings. The van der Waals surface area contributed by atoms with Gasteiger partial charge in [0.1, 0.15) is 23.6 Å². The number of carbonyl (C=O) groups is 4. The first kappa shape index (κ1) is 32.6. The van der Waals surface area contributed by atoms with Gasteiger partial charge in [-0.25, -0.2) is 4.39 Å². The summed E-state index contributed by atoms with van der Waals surface area (Å²) in [6, 6.07) is 4.23. The van der Waals surface area contributed by atoms with Gasteiger partial charge in [0.05, 0.1) is 5.69 Å². The minimum atomic E-state index is -0.892. The van der Waals surface area contributed by atoms with Crippen LogP contribution in [-0.4, -0.2) is 69.5 Å². The molecule has 11 nitrogen and oxygen atoms in total. The molecule has 4 atom stereocenters. The number of halogens is 1. The molecule has 1 aliphatic heterocycles. The van der Waals surface area contributed by atoms with Crippen molar-refractivity contribution < 1.29 is 23.6 Å². The number of benzene rings is 1. The zero-order valence-corrected chi connectivity index (χ0v) is 26.4. The Morgan fingerprint density at radius 2 is 1.73 bits per heavy atom. The molecule has 5 rings (SSSR count). The summed E-state index contributed by atoms with van der Waals surface area (Å²) >= 11 is 0. The lowest BCUT2D eigenvalue weighted by Crippen LogP contribution is -2.55. The van der Waals surface area contributed by atoms with Gasteiger partial charge in [0.2, 0.25) is 17.7 Å². The molecule has 2 saturated carbocycles. The van der Waals surface area contributed by atoms with E-state index in [1.54, 1.807) is 41.8 Å². The molecule has 1 aromatic heterocycles. The second-order valence-corrected chi connectivity index (χ2v) is 12.8. The van der Waals surface area contributed by atoms with Gasteiger partial charge in [-0.2, -0.15) is 5.10 Å². The molecule has 45 heavy (non-hydrogen) atoms. The Morgan fingerprint density at radius 1 is 1.02 bits per heavy atom. The van der Waals surface area contributed by atoms with Gasteiger partial charge in [0.25, 0.3) is 5.91 Å². The summed E-state index contributed by atoms with van der Waals surface area (Å²) in [7, 11) is 0. The number of nitrogens with two attached hydrogens (primary N) is 1. The summed E-state index contributed by atoms with van der Waals surface area (Å²) in [6.45, 7) is 6.84. The van der Waals surface area contributed by atoms with Crippen LogP contribution in [0.5, 0.6) is 0 Å². The Morgan fingerprint density at radius 3 is 2.33 bits per heavy atom. The fourth-order valence-corrected chi connectivity index (χ4v) is 6.62. The van der Waals surface area contributed by atoms with Gasteiger partial charge in [-0.05, 0) is 87.0 Å². The second-order valence-electron chi connectivity index (χ2n) is 12.8. The SMILES string of the molecule is CCC(=O)N[C@@H](C(=O)N1CCC[C@@H](N)C1)[C@@H](C)c1ccc(NC(=O)[C@@H](NC(=O)c2ccnn2CC)C(C2CC2)C2CC2)c(F)c1. The van der Waals surface area contributed by atoms with E-state index in [-0.39, 0.29) is 41.8 Å². The molecule has 2 aromatic rings. The fourth-order valence-electron chi connectivity index (χ4n) is 6.62. The average molecular weight is 624 g/mol. The van der Waals surface area contributed by atoms with Crippen molar-refractivity contribution in [2.45, 2.75) is 96.3 Å². The number of aromatic nitrogens is 2. The van der Waals surface area contributed by atoms with Crippen LogP contribution in [0.3, 0.4) is 0 Å². The number of nitrogens with zero attached hydrogens (tertiary/aromatic N) is 3. The Labute approximate surface area is 263 Å². The predicted molar refractivity (Wildman–Crippen MR) is 168 cm³/mol. The van der Waals surface area contributed by atoms with E-state index in [1.165, 1.54) is 12.1 Å². The van der Waals surface area contributed by atoms with E-state index in [0.717, 1.165) is 38.5 Å². The zero-order valence-electron chi connectivity index (χ0n) is 26.4. The van der Waals surface area contributed by atoms with Crippen molar-refractivity contribution in [1.82, 2.24) is 25.3 Å². The van der Waals surface area contributed by atoms with Gasteiger partial charge in [-0.15, -0.1) is 0 Å². The third-order valence-corrected chi connectivity index (χ3v) is 9.49. The van der Waals surface area contributed by atoms with Crippen molar-refractivity contribution in [1.29, 1.82) is 0 Å². The highest BCUT2D eigenvalue weighted by atomic mass is 19.1. The smallest absolute Gasteiger partial charge is 0.270 e. The van der Waals surface area contributed by atoms with Crippen LogP contribution in [-0.2, 0) is 20.9 Å². The predicted octanol–water partition coefficient (Wildman–Crippen LogP) is 3.16. The highest BCUT2D eigenvalue weighted by Gasteiger charge is 2.48. The second kappa shape index (κ2) is 14.1. The van der Waals surface area contributed by atoms with Gasteiger partial charge in [-0.1, -0.05) is 19.9 Å². The quantitative estimate of drug-likeness (QED) is 0.269. The number of amides is 4. The van der Waals surface area contributed by atoms with Crippen molar-refractivity contribution in [3.05, 3.63) is 47.5 Å². The number of carbonyl (C=O) groups excluding carboxylic acids is 4. The molecule has 3 fully saturated rings. The zero-order chi connectivity index (χ0) is 32.2. The van der Waals surface area contributed by atoms with Crippen molar-refractivity contribution in [3.8, 4) is 0 Å². The first-order chi connectivity index (χ1) is 21.6. The maximum atomic E-state index is 15.6. The number of anilines is 1. The number of likely N-dealkylation sites (tertiary alicyclic amines) is 1. The molecule has 0 spiro atoms. The molecule has 0 bridgehead atoms. The Balaban J connectivity index is 1.34. The highest BCUT2D eigenvalue weighted by molar-refractivity contribution is 6.01. The number of piperidine rings is 1. The Kier molecular flexibility index (Phi) is 10.2. The fraction of sp³-hybridized carbons (Fsp3) is 0.606. The Bertz CT molecular complexity index is 1390. The summed E-state index contributed by atoms with van der Waals surface area (Å²) in [6.07, 6.45) is 7.40. The summed E-state index contributed by atoms with van der Waals surface area (Å²) in [5.41, 5.74) is 6.97. The van der Waals surface area contributed by atoms with E-state index in [4.69, 9.17) is 5.73 Å². The molecular weight excluding hydrogens is 577 g/mol. The summed E-state index contributed by atoms with van der Waals surface area (Å²) < 4.78 is 17.2. The van der Waals surface area contributed by atoms with Gasteiger partial charge >= 0.3 is 0 Å². The normalized spacial score (nSPS) is 20.3. The first-order valence-electron chi connectivity index (χ1n) is 16.4. The minimum absolute atomic E-state index is 0.0124. The lowest BCUT2D eigenvalue weighted by molar-refractivity contribution is -0.138. The molecular formula is C33H46FN7O4. The monoisotopic (exact) mass is 623 g/mol. The molecule has 2 aliphatic carbocycles. The van der Waals surface area contributed by atoms with Crippen LogP contribution in [0.25, 0.3) is 0 Å². The molecule has 0 unspecified atom stereocenters. The van der Waals surface area contributed by atoms with Gasteiger partial charge in [0, 0.05) is 44.2 Å². The van der Waals surface area contributed by atoms with E-state index in [1.807, 2.05) is 6.92 Å². The van der Waals surface area contributed by atoms with E-state index in [9.17, 15) is 19.2 Å². The van der Waals surface area contributed by atoms with Crippen LogP contribution in [0, 0.1) is 23.6 Å². The largest absolute Gasteiger partial charge is 0.344 e. The highest BCUT2D eigenvalue weighted by Crippen LogP contribution is 2.51.